The number of carboxylic acid groups (broad SMARTS) is 1. The van der Waals surface area contributed by atoms with E-state index >= 15 is 0 Å². The smallest absolute Gasteiger partial charge is 0.371 e. The van der Waals surface area contributed by atoms with Crippen molar-refractivity contribution in [3.63, 3.8) is 0 Å². The van der Waals surface area contributed by atoms with Gasteiger partial charge in [0, 0.05) is 17.7 Å². The summed E-state index contributed by atoms with van der Waals surface area (Å²) in [4.78, 5) is 22.5. The zero-order chi connectivity index (χ0) is 16.1. The molecule has 2 aromatic rings. The molecule has 1 heterocycles. The second kappa shape index (κ2) is 7.13. The van der Waals surface area contributed by atoms with Gasteiger partial charge >= 0.3 is 5.97 Å². The van der Waals surface area contributed by atoms with Gasteiger partial charge in [-0.1, -0.05) is 24.9 Å². The lowest BCUT2D eigenvalue weighted by atomic mass is 10.1. The van der Waals surface area contributed by atoms with Gasteiger partial charge in [-0.15, -0.1) is 0 Å². The number of aromatic carboxylic acids is 1. The lowest BCUT2D eigenvalue weighted by Gasteiger charge is -2.07. The summed E-state index contributed by atoms with van der Waals surface area (Å²) in [5, 5.41) is 12.0. The molecule has 0 bridgehead atoms. The van der Waals surface area contributed by atoms with Gasteiger partial charge in [-0.05, 0) is 36.8 Å². The maximum Gasteiger partial charge on any atom is 0.371 e. The highest BCUT2D eigenvalue weighted by Gasteiger charge is 2.13. The van der Waals surface area contributed by atoms with Crippen LogP contribution in [0.5, 0.6) is 0 Å². The first kappa shape index (κ1) is 16.1. The van der Waals surface area contributed by atoms with E-state index in [1.54, 1.807) is 24.3 Å². The topological polar surface area (TPSA) is 79.5 Å². The van der Waals surface area contributed by atoms with Gasteiger partial charge in [0.05, 0.1) is 5.02 Å². The highest BCUT2D eigenvalue weighted by molar-refractivity contribution is 6.33. The fourth-order valence-electron chi connectivity index (χ4n) is 1.95. The Morgan fingerprint density at radius 3 is 2.64 bits per heavy atom. The third-order valence-electron chi connectivity index (χ3n) is 3.09. The van der Waals surface area contributed by atoms with Crippen molar-refractivity contribution in [3.05, 3.63) is 41.1 Å². The molecule has 0 saturated carbocycles. The van der Waals surface area contributed by atoms with Crippen LogP contribution < -0.4 is 5.32 Å². The number of halogens is 1. The van der Waals surface area contributed by atoms with E-state index in [1.807, 2.05) is 6.92 Å². The molecule has 2 N–H and O–H groups in total. The van der Waals surface area contributed by atoms with Gasteiger partial charge in [-0.25, -0.2) is 4.79 Å². The van der Waals surface area contributed by atoms with E-state index in [1.165, 1.54) is 6.07 Å². The number of unbranched alkanes of at least 4 members (excludes halogenated alkanes) is 1. The molecule has 0 aliphatic heterocycles. The summed E-state index contributed by atoms with van der Waals surface area (Å²) >= 11 is 6.18. The molecule has 0 aliphatic rings. The van der Waals surface area contributed by atoms with E-state index in [2.05, 4.69) is 5.32 Å². The number of benzene rings is 1. The Labute approximate surface area is 132 Å². The first-order valence-electron chi connectivity index (χ1n) is 6.94. The van der Waals surface area contributed by atoms with Crippen LogP contribution in [0.2, 0.25) is 5.02 Å². The zero-order valence-corrected chi connectivity index (χ0v) is 12.8. The van der Waals surface area contributed by atoms with E-state index in [4.69, 9.17) is 21.1 Å². The van der Waals surface area contributed by atoms with E-state index in [0.29, 0.717) is 28.5 Å². The summed E-state index contributed by atoms with van der Waals surface area (Å²) in [6, 6.07) is 7.92. The minimum atomic E-state index is -1.14. The van der Waals surface area contributed by atoms with Crippen LogP contribution >= 0.6 is 11.6 Å². The lowest BCUT2D eigenvalue weighted by Crippen LogP contribution is -2.10. The fourth-order valence-corrected chi connectivity index (χ4v) is 2.22. The van der Waals surface area contributed by atoms with Gasteiger partial charge in [0.15, 0.2) is 0 Å². The van der Waals surface area contributed by atoms with Crippen LogP contribution in [0.4, 0.5) is 5.69 Å². The van der Waals surface area contributed by atoms with E-state index in [9.17, 15) is 9.59 Å². The van der Waals surface area contributed by atoms with E-state index < -0.39 is 5.97 Å². The summed E-state index contributed by atoms with van der Waals surface area (Å²) in [7, 11) is 0. The Morgan fingerprint density at radius 1 is 1.27 bits per heavy atom. The van der Waals surface area contributed by atoms with Crippen molar-refractivity contribution in [2.75, 3.05) is 5.32 Å². The molecule has 116 valence electrons. The van der Waals surface area contributed by atoms with E-state index in [-0.39, 0.29) is 11.7 Å². The molecule has 1 aromatic carbocycles. The molecule has 6 heteroatoms. The summed E-state index contributed by atoms with van der Waals surface area (Å²) in [5.41, 5.74) is 1.17. The van der Waals surface area contributed by atoms with Crippen LogP contribution in [-0.2, 0) is 4.79 Å². The van der Waals surface area contributed by atoms with Crippen molar-refractivity contribution in [2.45, 2.75) is 26.2 Å². The quantitative estimate of drug-likeness (QED) is 0.825. The largest absolute Gasteiger partial charge is 0.475 e. The molecule has 1 aromatic heterocycles. The minimum absolute atomic E-state index is 0.0585. The third kappa shape index (κ3) is 3.89. The van der Waals surface area contributed by atoms with Crippen LogP contribution in [0, 0.1) is 0 Å². The number of hydrogen-bond acceptors (Lipinski definition) is 3. The van der Waals surface area contributed by atoms with Crippen LogP contribution in [-0.4, -0.2) is 17.0 Å². The second-order valence-electron chi connectivity index (χ2n) is 4.82. The predicted molar refractivity (Wildman–Crippen MR) is 84.3 cm³/mol. The SMILES string of the molecule is CCCCC(=O)Nc1ccc(-c2ccc(C(=O)O)o2)c(Cl)c1. The molecule has 0 saturated heterocycles. The molecule has 1 amide bonds. The van der Waals surface area contributed by atoms with Crippen LogP contribution in [0.25, 0.3) is 11.3 Å². The second-order valence-corrected chi connectivity index (χ2v) is 5.22. The number of carboxylic acids is 1. The Hall–Kier alpha value is -2.27. The molecular formula is C16H16ClNO4. The number of rotatable bonds is 6. The highest BCUT2D eigenvalue weighted by Crippen LogP contribution is 2.31. The normalized spacial score (nSPS) is 10.5. The average Bonchev–Trinajstić information content (AvgIpc) is 2.95. The van der Waals surface area contributed by atoms with Crippen molar-refractivity contribution >= 4 is 29.2 Å². The predicted octanol–water partition coefficient (Wildman–Crippen LogP) is 4.43. The lowest BCUT2D eigenvalue weighted by molar-refractivity contribution is -0.116. The monoisotopic (exact) mass is 321 g/mol. The number of furan rings is 1. The van der Waals surface area contributed by atoms with Crippen molar-refractivity contribution in [1.82, 2.24) is 0 Å². The number of carbonyl (C=O) groups excluding carboxylic acids is 1. The maximum absolute atomic E-state index is 11.7. The van der Waals surface area contributed by atoms with Crippen LogP contribution in [0.15, 0.2) is 34.7 Å². The van der Waals surface area contributed by atoms with Gasteiger partial charge in [0.25, 0.3) is 0 Å². The van der Waals surface area contributed by atoms with Gasteiger partial charge in [-0.3, -0.25) is 4.79 Å². The first-order valence-corrected chi connectivity index (χ1v) is 7.32. The molecule has 22 heavy (non-hydrogen) atoms. The van der Waals surface area contributed by atoms with Crippen molar-refractivity contribution in [3.8, 4) is 11.3 Å². The van der Waals surface area contributed by atoms with Crippen LogP contribution in [0.1, 0.15) is 36.7 Å². The standard InChI is InChI=1S/C16H16ClNO4/c1-2-3-4-15(19)18-10-5-6-11(12(17)9-10)13-7-8-14(22-13)16(20)21/h5-9H,2-4H2,1H3,(H,18,19)(H,20,21). The maximum atomic E-state index is 11.7. The first-order chi connectivity index (χ1) is 10.5. The van der Waals surface area contributed by atoms with Crippen molar-refractivity contribution < 1.29 is 19.1 Å². The summed E-state index contributed by atoms with van der Waals surface area (Å²) in [5.74, 6) is -0.978. The molecule has 0 atom stereocenters. The highest BCUT2D eigenvalue weighted by atomic mass is 35.5. The zero-order valence-electron chi connectivity index (χ0n) is 12.1. The van der Waals surface area contributed by atoms with E-state index in [0.717, 1.165) is 12.8 Å². The number of carbonyl (C=O) groups is 2. The molecule has 0 fully saturated rings. The summed E-state index contributed by atoms with van der Waals surface area (Å²) in [6.45, 7) is 2.02. The van der Waals surface area contributed by atoms with Crippen molar-refractivity contribution in [2.24, 2.45) is 0 Å². The Kier molecular flexibility index (Phi) is 5.22. The van der Waals surface area contributed by atoms with Gasteiger partial charge in [0.2, 0.25) is 11.7 Å². The summed E-state index contributed by atoms with van der Waals surface area (Å²) in [6.07, 6.45) is 2.26. The molecule has 5 nitrogen and oxygen atoms in total. The molecule has 2 rings (SSSR count). The van der Waals surface area contributed by atoms with Gasteiger partial charge in [-0.2, -0.15) is 0 Å². The third-order valence-corrected chi connectivity index (χ3v) is 3.41. The summed E-state index contributed by atoms with van der Waals surface area (Å²) < 4.78 is 5.21. The molecule has 0 unspecified atom stereocenters. The number of anilines is 1. The Bertz CT molecular complexity index is 693. The van der Waals surface area contributed by atoms with Gasteiger partial charge < -0.3 is 14.8 Å². The molecule has 0 radical (unpaired) electrons. The number of hydrogen-bond donors (Lipinski definition) is 2. The molecule has 0 spiro atoms. The van der Waals surface area contributed by atoms with Gasteiger partial charge in [0.1, 0.15) is 5.76 Å². The minimum Gasteiger partial charge on any atom is -0.475 e. The average molecular weight is 322 g/mol. The molecular weight excluding hydrogens is 306 g/mol. The number of amides is 1. The number of nitrogens with one attached hydrogen (secondary N) is 1. The Morgan fingerprint density at radius 2 is 2.05 bits per heavy atom. The van der Waals surface area contributed by atoms with Crippen molar-refractivity contribution in [1.29, 1.82) is 0 Å². The Balaban J connectivity index is 2.15. The molecule has 0 aliphatic carbocycles. The van der Waals surface area contributed by atoms with Crippen LogP contribution in [0.3, 0.4) is 0 Å². The fraction of sp³-hybridized carbons (Fsp3) is 0.250.